The minimum Gasteiger partial charge on any atom is -0.316 e. The van der Waals surface area contributed by atoms with Crippen LogP contribution in [0, 0.1) is 5.92 Å². The van der Waals surface area contributed by atoms with Crippen molar-refractivity contribution in [1.82, 2.24) is 5.43 Å². The standard InChI is InChI=1S/C14H18N4O3/c1-9(19)17(2)11-3-5-12(6-4-11)18-8-10(7-13(18)20)14(21)16-15/h3-6,10H,7-8,15H2,1-2H3,(H,16,21). The molecule has 1 unspecified atom stereocenters. The number of hydrogen-bond donors (Lipinski definition) is 2. The van der Waals surface area contributed by atoms with Crippen molar-refractivity contribution in [3.05, 3.63) is 24.3 Å². The average Bonchev–Trinajstić information content (AvgIpc) is 2.87. The maximum Gasteiger partial charge on any atom is 0.239 e. The number of hydrogen-bond acceptors (Lipinski definition) is 4. The van der Waals surface area contributed by atoms with Crippen molar-refractivity contribution in [2.24, 2.45) is 11.8 Å². The van der Waals surface area contributed by atoms with Crippen molar-refractivity contribution >= 4 is 29.1 Å². The van der Waals surface area contributed by atoms with E-state index in [1.54, 1.807) is 36.2 Å². The van der Waals surface area contributed by atoms with E-state index in [0.717, 1.165) is 5.69 Å². The number of carbonyl (C=O) groups is 3. The highest BCUT2D eigenvalue weighted by Crippen LogP contribution is 2.27. The number of nitrogens with one attached hydrogen (secondary N) is 1. The van der Waals surface area contributed by atoms with Crippen LogP contribution >= 0.6 is 0 Å². The van der Waals surface area contributed by atoms with Crippen molar-refractivity contribution in [2.75, 3.05) is 23.4 Å². The largest absolute Gasteiger partial charge is 0.316 e. The molecule has 0 aliphatic carbocycles. The SMILES string of the molecule is CC(=O)N(C)c1ccc(N2CC(C(=O)NN)CC2=O)cc1. The Balaban J connectivity index is 2.14. The number of hydrazine groups is 1. The highest BCUT2D eigenvalue weighted by molar-refractivity contribution is 6.00. The van der Waals surface area contributed by atoms with E-state index in [1.807, 2.05) is 0 Å². The second kappa shape index (κ2) is 5.92. The number of nitrogens with two attached hydrogens (primary N) is 1. The van der Waals surface area contributed by atoms with E-state index >= 15 is 0 Å². The molecule has 1 aromatic carbocycles. The van der Waals surface area contributed by atoms with Crippen molar-refractivity contribution in [3.8, 4) is 0 Å². The van der Waals surface area contributed by atoms with Gasteiger partial charge in [0.2, 0.25) is 17.7 Å². The molecule has 1 atom stereocenters. The van der Waals surface area contributed by atoms with Gasteiger partial charge in [-0.05, 0) is 24.3 Å². The molecule has 2 rings (SSSR count). The zero-order chi connectivity index (χ0) is 15.6. The molecule has 1 aliphatic rings. The molecule has 1 saturated heterocycles. The van der Waals surface area contributed by atoms with Crippen LogP contribution in [0.5, 0.6) is 0 Å². The predicted molar refractivity (Wildman–Crippen MR) is 78.3 cm³/mol. The molecule has 0 radical (unpaired) electrons. The fraction of sp³-hybridized carbons (Fsp3) is 0.357. The number of benzene rings is 1. The van der Waals surface area contributed by atoms with Gasteiger partial charge in [0.05, 0.1) is 5.92 Å². The van der Waals surface area contributed by atoms with Crippen molar-refractivity contribution in [1.29, 1.82) is 0 Å². The van der Waals surface area contributed by atoms with Crippen LogP contribution in [0.25, 0.3) is 0 Å². The van der Waals surface area contributed by atoms with Gasteiger partial charge in [-0.3, -0.25) is 19.8 Å². The maximum absolute atomic E-state index is 12.0. The fourth-order valence-electron chi connectivity index (χ4n) is 2.29. The van der Waals surface area contributed by atoms with Crippen molar-refractivity contribution in [3.63, 3.8) is 0 Å². The molecule has 1 fully saturated rings. The summed E-state index contributed by atoms with van der Waals surface area (Å²) in [6.07, 6.45) is 0.151. The molecule has 7 heteroatoms. The molecule has 3 amide bonds. The van der Waals surface area contributed by atoms with E-state index in [2.05, 4.69) is 5.43 Å². The van der Waals surface area contributed by atoms with Gasteiger partial charge in [-0.25, -0.2) is 5.84 Å². The zero-order valence-corrected chi connectivity index (χ0v) is 12.0. The van der Waals surface area contributed by atoms with Crippen LogP contribution in [0.3, 0.4) is 0 Å². The minimum atomic E-state index is -0.429. The molecular formula is C14H18N4O3. The second-order valence-corrected chi connectivity index (χ2v) is 5.01. The smallest absolute Gasteiger partial charge is 0.239 e. The van der Waals surface area contributed by atoms with Crippen LogP contribution in [0.4, 0.5) is 11.4 Å². The Kier molecular flexibility index (Phi) is 4.23. The van der Waals surface area contributed by atoms with Crippen LogP contribution in [0.2, 0.25) is 0 Å². The maximum atomic E-state index is 12.0. The Morgan fingerprint density at radius 3 is 2.48 bits per heavy atom. The lowest BCUT2D eigenvalue weighted by molar-refractivity contribution is -0.126. The van der Waals surface area contributed by atoms with Crippen LogP contribution in [0.1, 0.15) is 13.3 Å². The highest BCUT2D eigenvalue weighted by atomic mass is 16.2. The van der Waals surface area contributed by atoms with Gasteiger partial charge in [-0.15, -0.1) is 0 Å². The lowest BCUT2D eigenvalue weighted by Gasteiger charge is -2.19. The molecular weight excluding hydrogens is 272 g/mol. The Morgan fingerprint density at radius 1 is 1.33 bits per heavy atom. The van der Waals surface area contributed by atoms with Crippen LogP contribution in [0.15, 0.2) is 24.3 Å². The van der Waals surface area contributed by atoms with Gasteiger partial charge in [0.1, 0.15) is 0 Å². The van der Waals surface area contributed by atoms with E-state index in [-0.39, 0.29) is 24.1 Å². The third-order valence-electron chi connectivity index (χ3n) is 3.66. The van der Waals surface area contributed by atoms with Gasteiger partial charge in [0.15, 0.2) is 0 Å². The lowest BCUT2D eigenvalue weighted by atomic mass is 10.1. The number of rotatable bonds is 3. The number of carbonyl (C=O) groups excluding carboxylic acids is 3. The van der Waals surface area contributed by atoms with Gasteiger partial charge in [0, 0.05) is 38.3 Å². The summed E-state index contributed by atoms with van der Waals surface area (Å²) >= 11 is 0. The summed E-state index contributed by atoms with van der Waals surface area (Å²) in [6, 6.07) is 7.05. The summed E-state index contributed by atoms with van der Waals surface area (Å²) in [5, 5.41) is 0. The lowest BCUT2D eigenvalue weighted by Crippen LogP contribution is -2.37. The molecule has 0 bridgehead atoms. The Hall–Kier alpha value is -2.41. The molecule has 3 N–H and O–H groups in total. The summed E-state index contributed by atoms with van der Waals surface area (Å²) in [5.74, 6) is 4.15. The monoisotopic (exact) mass is 290 g/mol. The van der Waals surface area contributed by atoms with Crippen LogP contribution in [-0.2, 0) is 14.4 Å². The molecule has 21 heavy (non-hydrogen) atoms. The number of amides is 3. The van der Waals surface area contributed by atoms with E-state index in [1.165, 1.54) is 11.8 Å². The molecule has 1 heterocycles. The molecule has 1 aromatic rings. The van der Waals surface area contributed by atoms with Gasteiger partial charge in [0.25, 0.3) is 0 Å². The zero-order valence-electron chi connectivity index (χ0n) is 12.0. The topological polar surface area (TPSA) is 95.7 Å². The first-order chi connectivity index (χ1) is 9.93. The second-order valence-electron chi connectivity index (χ2n) is 5.01. The van der Waals surface area contributed by atoms with Crippen LogP contribution in [-0.4, -0.2) is 31.3 Å². The highest BCUT2D eigenvalue weighted by Gasteiger charge is 2.34. The molecule has 1 aliphatic heterocycles. The molecule has 7 nitrogen and oxygen atoms in total. The average molecular weight is 290 g/mol. The van der Waals surface area contributed by atoms with Gasteiger partial charge in [-0.1, -0.05) is 0 Å². The summed E-state index contributed by atoms with van der Waals surface area (Å²) in [5.41, 5.74) is 3.52. The van der Waals surface area contributed by atoms with Crippen LogP contribution < -0.4 is 21.1 Å². The normalized spacial score (nSPS) is 17.8. The third-order valence-corrected chi connectivity index (χ3v) is 3.66. The molecule has 112 valence electrons. The summed E-state index contributed by atoms with van der Waals surface area (Å²) in [7, 11) is 1.68. The number of anilines is 2. The first-order valence-corrected chi connectivity index (χ1v) is 6.59. The molecule has 0 aromatic heterocycles. The summed E-state index contributed by atoms with van der Waals surface area (Å²) in [6.45, 7) is 1.79. The Labute approximate surface area is 122 Å². The summed E-state index contributed by atoms with van der Waals surface area (Å²) < 4.78 is 0. The van der Waals surface area contributed by atoms with E-state index in [0.29, 0.717) is 12.2 Å². The fourth-order valence-corrected chi connectivity index (χ4v) is 2.29. The van der Waals surface area contributed by atoms with E-state index in [9.17, 15) is 14.4 Å². The first kappa shape index (κ1) is 15.0. The van der Waals surface area contributed by atoms with Gasteiger partial charge < -0.3 is 9.80 Å². The van der Waals surface area contributed by atoms with Gasteiger partial charge in [-0.2, -0.15) is 0 Å². The van der Waals surface area contributed by atoms with Crippen molar-refractivity contribution < 1.29 is 14.4 Å². The quantitative estimate of drug-likeness (QED) is 0.466. The van der Waals surface area contributed by atoms with E-state index < -0.39 is 5.92 Å². The first-order valence-electron chi connectivity index (χ1n) is 6.59. The Morgan fingerprint density at radius 2 is 1.95 bits per heavy atom. The summed E-state index contributed by atoms with van der Waals surface area (Å²) in [4.78, 5) is 37.8. The Bertz CT molecular complexity index is 570. The molecule has 0 spiro atoms. The predicted octanol–water partition coefficient (Wildman–Crippen LogP) is 0.0121. The van der Waals surface area contributed by atoms with Crippen molar-refractivity contribution in [2.45, 2.75) is 13.3 Å². The third kappa shape index (κ3) is 3.03. The minimum absolute atomic E-state index is 0.0697. The molecule has 0 saturated carbocycles. The van der Waals surface area contributed by atoms with Gasteiger partial charge >= 0.3 is 0 Å². The van der Waals surface area contributed by atoms with E-state index in [4.69, 9.17) is 5.84 Å². The number of nitrogens with zero attached hydrogens (tertiary/aromatic N) is 2.